The first-order valence-electron chi connectivity index (χ1n) is 6.32. The van der Waals surface area contributed by atoms with Crippen molar-refractivity contribution in [2.45, 2.75) is 13.3 Å². The molecule has 8 heteroatoms. The van der Waals surface area contributed by atoms with Gasteiger partial charge in [-0.1, -0.05) is 6.92 Å². The molecule has 1 heterocycles. The second-order valence-electron chi connectivity index (χ2n) is 4.66. The molecule has 1 amide bonds. The minimum Gasteiger partial charge on any atom is -0.302 e. The Labute approximate surface area is 120 Å². The van der Waals surface area contributed by atoms with Crippen LogP contribution >= 0.6 is 0 Å². The van der Waals surface area contributed by atoms with Crippen LogP contribution in [-0.4, -0.2) is 38.2 Å². The average Bonchev–Trinajstić information content (AvgIpc) is 2.64. The minimum absolute atomic E-state index is 0.0317. The van der Waals surface area contributed by atoms with Crippen LogP contribution in [0.15, 0.2) is 12.1 Å². The molecule has 1 aliphatic heterocycles. The minimum atomic E-state index is -3.21. The highest BCUT2D eigenvalue weighted by atomic mass is 32.2. The molecule has 0 aromatic heterocycles. The lowest BCUT2D eigenvalue weighted by Crippen LogP contribution is -2.32. The number of anilines is 1. The molecule has 1 aromatic carbocycles. The Morgan fingerprint density at radius 2 is 1.86 bits per heavy atom. The van der Waals surface area contributed by atoms with Crippen LogP contribution in [0.4, 0.5) is 14.5 Å². The van der Waals surface area contributed by atoms with Crippen LogP contribution < -0.4 is 4.90 Å². The van der Waals surface area contributed by atoms with E-state index in [1.54, 1.807) is 0 Å². The quantitative estimate of drug-likeness (QED) is 0.768. The molecule has 0 atom stereocenters. The van der Waals surface area contributed by atoms with E-state index >= 15 is 0 Å². The predicted molar refractivity (Wildman–Crippen MR) is 72.0 cm³/mol. The molecular formula is C13H13F2NO4S. The van der Waals surface area contributed by atoms with Crippen LogP contribution in [0.5, 0.6) is 0 Å². The average molecular weight is 317 g/mol. The van der Waals surface area contributed by atoms with Crippen molar-refractivity contribution in [3.8, 4) is 0 Å². The number of Topliss-reactive ketones (excluding diaryl/α,β-unsaturated/α-hetero) is 1. The molecule has 2 rings (SSSR count). The van der Waals surface area contributed by atoms with Crippen molar-refractivity contribution < 1.29 is 26.8 Å². The maximum atomic E-state index is 13.8. The third-order valence-corrected chi connectivity index (χ3v) is 5.05. The molecule has 0 unspecified atom stereocenters. The molecule has 0 saturated carbocycles. The fourth-order valence-corrected chi connectivity index (χ4v) is 3.01. The number of benzene rings is 1. The van der Waals surface area contributed by atoms with Crippen molar-refractivity contribution in [2.75, 3.05) is 23.0 Å². The maximum absolute atomic E-state index is 13.8. The van der Waals surface area contributed by atoms with E-state index in [1.165, 1.54) is 6.92 Å². The molecular weight excluding hydrogens is 304 g/mol. The van der Waals surface area contributed by atoms with Crippen LogP contribution in [0.25, 0.3) is 0 Å². The second-order valence-corrected chi connectivity index (χ2v) is 7.13. The van der Waals surface area contributed by atoms with Crippen molar-refractivity contribution >= 4 is 27.2 Å². The van der Waals surface area contributed by atoms with Crippen molar-refractivity contribution in [3.05, 3.63) is 29.3 Å². The summed E-state index contributed by atoms with van der Waals surface area (Å²) in [4.78, 5) is 24.3. The molecule has 1 aromatic rings. The topological polar surface area (TPSA) is 71.5 Å². The van der Waals surface area contributed by atoms with Gasteiger partial charge in [-0.25, -0.2) is 17.2 Å². The highest BCUT2D eigenvalue weighted by molar-refractivity contribution is 7.91. The monoisotopic (exact) mass is 317 g/mol. The van der Waals surface area contributed by atoms with Crippen molar-refractivity contribution in [3.63, 3.8) is 0 Å². The molecule has 0 spiro atoms. The number of carbonyl (C=O) groups excluding carboxylic acids is 2. The van der Waals surface area contributed by atoms with Gasteiger partial charge >= 0.3 is 0 Å². The molecule has 5 nitrogen and oxygen atoms in total. The van der Waals surface area contributed by atoms with E-state index in [1.807, 2.05) is 0 Å². The van der Waals surface area contributed by atoms with Gasteiger partial charge in [0.05, 0.1) is 17.0 Å². The van der Waals surface area contributed by atoms with Gasteiger partial charge in [-0.2, -0.15) is 0 Å². The lowest BCUT2D eigenvalue weighted by molar-refractivity contribution is -0.114. The zero-order valence-electron chi connectivity index (χ0n) is 11.2. The van der Waals surface area contributed by atoms with Gasteiger partial charge in [0.1, 0.15) is 15.7 Å². The molecule has 0 saturated heterocycles. The molecule has 0 fully saturated rings. The Kier molecular flexibility index (Phi) is 4.08. The van der Waals surface area contributed by atoms with Crippen LogP contribution in [0, 0.1) is 11.6 Å². The summed E-state index contributed by atoms with van der Waals surface area (Å²) >= 11 is 0. The van der Waals surface area contributed by atoms with E-state index in [0.717, 1.165) is 11.0 Å². The number of fused-ring (bicyclic) bond motifs is 1. The number of hydrogen-bond acceptors (Lipinski definition) is 4. The summed E-state index contributed by atoms with van der Waals surface area (Å²) in [5.74, 6) is -4.11. The zero-order valence-corrected chi connectivity index (χ0v) is 12.0. The third kappa shape index (κ3) is 2.94. The number of sulfone groups is 1. The Balaban J connectivity index is 2.24. The van der Waals surface area contributed by atoms with Crippen LogP contribution in [0.3, 0.4) is 0 Å². The molecule has 114 valence electrons. The van der Waals surface area contributed by atoms with E-state index in [9.17, 15) is 26.8 Å². The molecule has 0 aliphatic carbocycles. The summed E-state index contributed by atoms with van der Waals surface area (Å²) in [5.41, 5.74) is -0.601. The van der Waals surface area contributed by atoms with Gasteiger partial charge in [0, 0.05) is 18.4 Å². The maximum Gasteiger partial charge on any atom is 0.299 e. The number of rotatable bonds is 5. The van der Waals surface area contributed by atoms with Gasteiger partial charge in [0.15, 0.2) is 5.82 Å². The predicted octanol–water partition coefficient (Wildman–Crippen LogP) is 1.32. The number of halogens is 2. The Hall–Kier alpha value is -1.83. The number of amides is 1. The smallest absolute Gasteiger partial charge is 0.299 e. The number of hydrogen-bond donors (Lipinski definition) is 0. The van der Waals surface area contributed by atoms with E-state index in [0.29, 0.717) is 6.07 Å². The first-order valence-corrected chi connectivity index (χ1v) is 8.14. The summed E-state index contributed by atoms with van der Waals surface area (Å²) in [5, 5.41) is 0. The van der Waals surface area contributed by atoms with E-state index < -0.39 is 33.2 Å². The third-order valence-electron chi connectivity index (χ3n) is 3.26. The highest BCUT2D eigenvalue weighted by Gasteiger charge is 2.38. The summed E-state index contributed by atoms with van der Waals surface area (Å²) in [6, 6.07) is 1.39. The normalized spacial score (nSPS) is 14.7. The summed E-state index contributed by atoms with van der Waals surface area (Å²) in [6.45, 7) is 1.39. The van der Waals surface area contributed by atoms with Gasteiger partial charge in [-0.15, -0.1) is 0 Å². The summed E-state index contributed by atoms with van der Waals surface area (Å²) < 4.78 is 49.6. The molecule has 0 N–H and O–H groups in total. The van der Waals surface area contributed by atoms with Gasteiger partial charge in [-0.05, 0) is 12.5 Å². The second kappa shape index (κ2) is 5.51. The van der Waals surface area contributed by atoms with E-state index in [-0.39, 0.29) is 35.7 Å². The standard InChI is InChI=1S/C13H13F2NO4S/c1-2-21(19,20)5-3-4-16-11-9(12(17)13(16)18)6-8(14)7-10(11)15/h6-7H,2-5H2,1H3. The van der Waals surface area contributed by atoms with Crippen LogP contribution in [0.1, 0.15) is 23.7 Å². The number of nitrogens with zero attached hydrogens (tertiary/aromatic N) is 1. The zero-order chi connectivity index (χ0) is 15.8. The van der Waals surface area contributed by atoms with Crippen molar-refractivity contribution in [1.82, 2.24) is 0 Å². The van der Waals surface area contributed by atoms with Gasteiger partial charge in [-0.3, -0.25) is 9.59 Å². The Morgan fingerprint density at radius 1 is 1.19 bits per heavy atom. The van der Waals surface area contributed by atoms with Gasteiger partial charge in [0.2, 0.25) is 0 Å². The SMILES string of the molecule is CCS(=O)(=O)CCCN1C(=O)C(=O)c2cc(F)cc(F)c21. The lowest BCUT2D eigenvalue weighted by atomic mass is 10.1. The van der Waals surface area contributed by atoms with E-state index in [2.05, 4.69) is 0 Å². The van der Waals surface area contributed by atoms with Crippen LogP contribution in [-0.2, 0) is 14.6 Å². The number of carbonyl (C=O) groups is 2. The first kappa shape index (κ1) is 15.6. The molecule has 1 aliphatic rings. The fraction of sp³-hybridized carbons (Fsp3) is 0.385. The Morgan fingerprint density at radius 3 is 2.48 bits per heavy atom. The van der Waals surface area contributed by atoms with Gasteiger partial charge < -0.3 is 4.90 Å². The molecule has 0 radical (unpaired) electrons. The number of ketones is 1. The first-order chi connectivity index (χ1) is 9.76. The van der Waals surface area contributed by atoms with Crippen molar-refractivity contribution in [2.24, 2.45) is 0 Å². The largest absolute Gasteiger partial charge is 0.302 e. The molecule has 21 heavy (non-hydrogen) atoms. The van der Waals surface area contributed by atoms with Crippen LogP contribution in [0.2, 0.25) is 0 Å². The van der Waals surface area contributed by atoms with Crippen molar-refractivity contribution in [1.29, 1.82) is 0 Å². The molecule has 0 bridgehead atoms. The lowest BCUT2D eigenvalue weighted by Gasteiger charge is -2.16. The summed E-state index contributed by atoms with van der Waals surface area (Å²) in [6.07, 6.45) is 0.0749. The Bertz CT molecular complexity index is 715. The van der Waals surface area contributed by atoms with Gasteiger partial charge in [0.25, 0.3) is 11.7 Å². The summed E-state index contributed by atoms with van der Waals surface area (Å²) in [7, 11) is -3.21. The fourth-order valence-electron chi connectivity index (χ4n) is 2.15. The van der Waals surface area contributed by atoms with E-state index in [4.69, 9.17) is 0 Å². The highest BCUT2D eigenvalue weighted by Crippen LogP contribution is 2.32.